The van der Waals surface area contributed by atoms with Crippen LogP contribution in [0.3, 0.4) is 0 Å². The summed E-state index contributed by atoms with van der Waals surface area (Å²) in [5.41, 5.74) is -1.25. The van der Waals surface area contributed by atoms with Crippen LogP contribution in [0.2, 0.25) is 0 Å². The van der Waals surface area contributed by atoms with Crippen LogP contribution in [0.4, 0.5) is 11.4 Å². The SMILES string of the molecule is Cc1nc2nc[nH]n2c(=O)c1N=Nc1ccc(S(=O)(=O)O)cc1C(=O)O. The molecule has 0 fully saturated rings. The van der Waals surface area contributed by atoms with Crippen molar-refractivity contribution in [2.45, 2.75) is 11.8 Å². The lowest BCUT2D eigenvalue weighted by Crippen LogP contribution is -2.16. The molecule has 3 N–H and O–H groups in total. The number of aromatic amines is 1. The van der Waals surface area contributed by atoms with Crippen molar-refractivity contribution in [2.75, 3.05) is 0 Å². The number of carboxylic acids is 1. The van der Waals surface area contributed by atoms with E-state index in [-0.39, 0.29) is 22.8 Å². The van der Waals surface area contributed by atoms with Gasteiger partial charge in [-0.1, -0.05) is 0 Å². The van der Waals surface area contributed by atoms with E-state index in [2.05, 4.69) is 25.3 Å². The second-order valence-electron chi connectivity index (χ2n) is 5.03. The fraction of sp³-hybridized carbons (Fsp3) is 0.0769. The Kier molecular flexibility index (Phi) is 4.09. The minimum absolute atomic E-state index is 0.134. The molecule has 2 aromatic heterocycles. The van der Waals surface area contributed by atoms with Gasteiger partial charge in [0.15, 0.2) is 5.69 Å². The van der Waals surface area contributed by atoms with Gasteiger partial charge in [-0.3, -0.25) is 14.4 Å². The highest BCUT2D eigenvalue weighted by Gasteiger charge is 2.17. The van der Waals surface area contributed by atoms with Crippen LogP contribution in [0.15, 0.2) is 44.4 Å². The molecule has 134 valence electrons. The number of nitrogens with zero attached hydrogens (tertiary/aromatic N) is 5. The molecular weight excluding hydrogens is 368 g/mol. The fourth-order valence-corrected chi connectivity index (χ4v) is 2.61. The Labute approximate surface area is 144 Å². The topological polar surface area (TPSA) is 179 Å². The van der Waals surface area contributed by atoms with Gasteiger partial charge in [0.1, 0.15) is 12.0 Å². The summed E-state index contributed by atoms with van der Waals surface area (Å²) in [4.78, 5) is 30.9. The zero-order chi connectivity index (χ0) is 19.1. The largest absolute Gasteiger partial charge is 0.478 e. The number of carbonyl (C=O) groups is 1. The van der Waals surface area contributed by atoms with Gasteiger partial charge in [-0.15, -0.1) is 10.2 Å². The van der Waals surface area contributed by atoms with Crippen molar-refractivity contribution >= 4 is 33.2 Å². The average Bonchev–Trinajstić information content (AvgIpc) is 3.02. The summed E-state index contributed by atoms with van der Waals surface area (Å²) in [6.45, 7) is 1.50. The summed E-state index contributed by atoms with van der Waals surface area (Å²) in [6.07, 6.45) is 1.26. The molecule has 0 saturated heterocycles. The van der Waals surface area contributed by atoms with Crippen LogP contribution in [0.1, 0.15) is 16.1 Å². The predicted octanol–water partition coefficient (Wildman–Crippen LogP) is 1.09. The molecule has 0 unspecified atom stereocenters. The van der Waals surface area contributed by atoms with E-state index in [0.29, 0.717) is 0 Å². The van der Waals surface area contributed by atoms with Crippen LogP contribution in [0.5, 0.6) is 0 Å². The number of rotatable bonds is 4. The van der Waals surface area contributed by atoms with Crippen LogP contribution in [0.25, 0.3) is 5.78 Å². The molecule has 12 nitrogen and oxygen atoms in total. The van der Waals surface area contributed by atoms with Crippen molar-refractivity contribution in [3.8, 4) is 0 Å². The van der Waals surface area contributed by atoms with Crippen LogP contribution >= 0.6 is 0 Å². The van der Waals surface area contributed by atoms with Crippen LogP contribution < -0.4 is 5.56 Å². The number of aromatic nitrogens is 4. The van der Waals surface area contributed by atoms with Crippen molar-refractivity contribution in [3.63, 3.8) is 0 Å². The number of nitrogens with one attached hydrogen (secondary N) is 1. The highest BCUT2D eigenvalue weighted by molar-refractivity contribution is 7.85. The van der Waals surface area contributed by atoms with Gasteiger partial charge in [-0.2, -0.15) is 12.9 Å². The van der Waals surface area contributed by atoms with Gasteiger partial charge in [-0.05, 0) is 25.1 Å². The Morgan fingerprint density at radius 2 is 2.04 bits per heavy atom. The number of carboxylic acid groups (broad SMARTS) is 1. The number of azo groups is 1. The third-order valence-corrected chi connectivity index (χ3v) is 4.19. The van der Waals surface area contributed by atoms with E-state index in [1.807, 2.05) is 0 Å². The van der Waals surface area contributed by atoms with E-state index in [9.17, 15) is 23.1 Å². The molecule has 0 aliphatic heterocycles. The minimum atomic E-state index is -4.58. The number of hydrogen-bond donors (Lipinski definition) is 3. The number of aromatic carboxylic acids is 1. The van der Waals surface area contributed by atoms with E-state index in [1.54, 1.807) is 0 Å². The molecule has 0 spiro atoms. The molecular formula is C13H10N6O6S. The summed E-state index contributed by atoms with van der Waals surface area (Å²) in [6, 6.07) is 2.75. The summed E-state index contributed by atoms with van der Waals surface area (Å²) >= 11 is 0. The van der Waals surface area contributed by atoms with E-state index < -0.39 is 32.1 Å². The third kappa shape index (κ3) is 3.07. The van der Waals surface area contributed by atoms with Gasteiger partial charge in [-0.25, -0.2) is 14.8 Å². The van der Waals surface area contributed by atoms with Crippen molar-refractivity contribution in [3.05, 3.63) is 46.1 Å². The number of aryl methyl sites for hydroxylation is 1. The number of fused-ring (bicyclic) bond motifs is 1. The molecule has 0 radical (unpaired) electrons. The summed E-state index contributed by atoms with van der Waals surface area (Å²) < 4.78 is 32.3. The van der Waals surface area contributed by atoms with Crippen LogP contribution in [0, 0.1) is 6.92 Å². The molecule has 1 aromatic carbocycles. The summed E-state index contributed by atoms with van der Waals surface area (Å²) in [5, 5.41) is 19.2. The minimum Gasteiger partial charge on any atom is -0.478 e. The summed E-state index contributed by atoms with van der Waals surface area (Å²) in [5.74, 6) is -1.35. The first-order chi connectivity index (χ1) is 12.2. The molecule has 3 rings (SSSR count). The molecule has 26 heavy (non-hydrogen) atoms. The lowest BCUT2D eigenvalue weighted by molar-refractivity contribution is 0.0697. The molecule has 0 aliphatic rings. The predicted molar refractivity (Wildman–Crippen MR) is 85.7 cm³/mol. The van der Waals surface area contributed by atoms with Gasteiger partial charge >= 0.3 is 11.5 Å². The second kappa shape index (κ2) is 6.12. The Bertz CT molecular complexity index is 1230. The molecule has 0 amide bonds. The molecule has 0 bridgehead atoms. The van der Waals surface area contributed by atoms with Gasteiger partial charge in [0.25, 0.3) is 15.9 Å². The zero-order valence-electron chi connectivity index (χ0n) is 13.0. The maximum absolute atomic E-state index is 12.3. The van der Waals surface area contributed by atoms with E-state index >= 15 is 0 Å². The lowest BCUT2D eigenvalue weighted by Gasteiger charge is -2.03. The first-order valence-electron chi connectivity index (χ1n) is 6.88. The molecule has 0 atom stereocenters. The van der Waals surface area contributed by atoms with Gasteiger partial charge < -0.3 is 5.11 Å². The molecule has 0 saturated carbocycles. The fourth-order valence-electron chi connectivity index (χ4n) is 2.10. The number of hydrogen-bond acceptors (Lipinski definition) is 8. The average molecular weight is 378 g/mol. The van der Waals surface area contributed by atoms with Crippen molar-refractivity contribution in [1.29, 1.82) is 0 Å². The highest BCUT2D eigenvalue weighted by atomic mass is 32.2. The number of benzene rings is 1. The molecule has 13 heteroatoms. The maximum Gasteiger partial charge on any atom is 0.338 e. The zero-order valence-corrected chi connectivity index (χ0v) is 13.8. The third-order valence-electron chi connectivity index (χ3n) is 3.34. The van der Waals surface area contributed by atoms with Crippen LogP contribution in [-0.2, 0) is 10.1 Å². The Morgan fingerprint density at radius 1 is 1.31 bits per heavy atom. The Balaban J connectivity index is 2.12. The monoisotopic (exact) mass is 378 g/mol. The first-order valence-corrected chi connectivity index (χ1v) is 8.32. The quantitative estimate of drug-likeness (QED) is 0.445. The first kappa shape index (κ1) is 17.4. The second-order valence-corrected chi connectivity index (χ2v) is 6.45. The van der Waals surface area contributed by atoms with Gasteiger partial charge in [0.2, 0.25) is 0 Å². The Morgan fingerprint density at radius 3 is 2.69 bits per heavy atom. The highest BCUT2D eigenvalue weighted by Crippen LogP contribution is 2.25. The maximum atomic E-state index is 12.3. The van der Waals surface area contributed by atoms with Crippen molar-refractivity contribution in [1.82, 2.24) is 19.6 Å². The normalized spacial score (nSPS) is 12.1. The van der Waals surface area contributed by atoms with Gasteiger partial charge in [0.05, 0.1) is 16.2 Å². The van der Waals surface area contributed by atoms with E-state index in [4.69, 9.17) is 4.55 Å². The molecule has 2 heterocycles. The Hall–Kier alpha value is -3.45. The van der Waals surface area contributed by atoms with E-state index in [1.165, 1.54) is 13.3 Å². The number of H-pyrrole nitrogens is 1. The van der Waals surface area contributed by atoms with Crippen molar-refractivity contribution < 1.29 is 22.9 Å². The standard InChI is InChI=1S/C13H10N6O6S/c1-6-10(11(20)19-13(16-6)14-5-15-19)18-17-9-3-2-7(26(23,24)25)4-8(9)12(21)22/h2-5H,1H3,(H,21,22)(H,14,15,16)(H,23,24,25). The van der Waals surface area contributed by atoms with Crippen molar-refractivity contribution in [2.24, 2.45) is 10.2 Å². The smallest absolute Gasteiger partial charge is 0.338 e. The van der Waals surface area contributed by atoms with Gasteiger partial charge in [0, 0.05) is 0 Å². The van der Waals surface area contributed by atoms with Crippen LogP contribution in [-0.4, -0.2) is 43.6 Å². The molecule has 3 aromatic rings. The molecule has 0 aliphatic carbocycles. The summed E-state index contributed by atoms with van der Waals surface area (Å²) in [7, 11) is -4.58. The van der Waals surface area contributed by atoms with E-state index in [0.717, 1.165) is 22.7 Å². The lowest BCUT2D eigenvalue weighted by atomic mass is 10.2.